The van der Waals surface area contributed by atoms with E-state index >= 15 is 0 Å². The molecule has 1 aliphatic heterocycles. The molecule has 1 fully saturated rings. The molecule has 0 atom stereocenters. The van der Waals surface area contributed by atoms with Gasteiger partial charge in [0.05, 0.1) is 16.1 Å². The van der Waals surface area contributed by atoms with Crippen molar-refractivity contribution in [3.8, 4) is 0 Å². The van der Waals surface area contributed by atoms with Gasteiger partial charge in [0, 0.05) is 38.1 Å². The number of carbonyl (C=O) groups excluding carboxylic acids is 2. The lowest BCUT2D eigenvalue weighted by Crippen LogP contribution is -2.46. The Morgan fingerprint density at radius 2 is 1.88 bits per heavy atom. The van der Waals surface area contributed by atoms with E-state index in [0.29, 0.717) is 40.1 Å². The Labute approximate surface area is 155 Å². The molecule has 0 aliphatic carbocycles. The van der Waals surface area contributed by atoms with Gasteiger partial charge in [0.1, 0.15) is 5.15 Å². The van der Waals surface area contributed by atoms with Crippen molar-refractivity contribution in [2.75, 3.05) is 31.5 Å². The number of nitrogens with zero attached hydrogens (tertiary/aromatic N) is 2. The van der Waals surface area contributed by atoms with Gasteiger partial charge in [-0.15, -0.1) is 0 Å². The summed E-state index contributed by atoms with van der Waals surface area (Å²) in [6.07, 6.45) is 1.39. The number of hydrogen-bond donors (Lipinski definition) is 2. The van der Waals surface area contributed by atoms with Gasteiger partial charge in [0.2, 0.25) is 0 Å². The Bertz CT molecular complexity index is 790. The van der Waals surface area contributed by atoms with Crippen LogP contribution < -0.4 is 10.6 Å². The third-order valence-corrected chi connectivity index (χ3v) is 4.39. The number of benzene rings is 1. The topological polar surface area (TPSA) is 74.3 Å². The Hall–Kier alpha value is -2.15. The summed E-state index contributed by atoms with van der Waals surface area (Å²) in [7, 11) is 0. The van der Waals surface area contributed by atoms with Gasteiger partial charge in [-0.2, -0.15) is 0 Å². The zero-order chi connectivity index (χ0) is 17.8. The molecular formula is C17H16Cl2N4O2. The maximum absolute atomic E-state index is 12.5. The van der Waals surface area contributed by atoms with Crippen molar-refractivity contribution in [1.29, 1.82) is 0 Å². The molecule has 25 heavy (non-hydrogen) atoms. The van der Waals surface area contributed by atoms with E-state index in [4.69, 9.17) is 23.2 Å². The monoisotopic (exact) mass is 378 g/mol. The van der Waals surface area contributed by atoms with Crippen LogP contribution in [0.15, 0.2) is 36.5 Å². The molecule has 130 valence electrons. The van der Waals surface area contributed by atoms with Crippen LogP contribution >= 0.6 is 23.2 Å². The van der Waals surface area contributed by atoms with Crippen LogP contribution in [0.1, 0.15) is 20.7 Å². The van der Waals surface area contributed by atoms with Crippen molar-refractivity contribution >= 4 is 40.7 Å². The van der Waals surface area contributed by atoms with Gasteiger partial charge < -0.3 is 15.5 Å². The van der Waals surface area contributed by atoms with Crippen LogP contribution in [-0.2, 0) is 0 Å². The standard InChI is InChI=1S/C17H16Cl2N4O2/c18-14-9-12(22-16(24)11-1-4-15(19)21-10-11)2-3-13(14)17(25)23-7-5-20-6-8-23/h1-4,9-10,20H,5-8H2,(H,22,24). The fraction of sp³-hybridized carbons (Fsp3) is 0.235. The molecule has 0 bridgehead atoms. The lowest BCUT2D eigenvalue weighted by atomic mass is 10.1. The predicted molar refractivity (Wildman–Crippen MR) is 97.4 cm³/mol. The lowest BCUT2D eigenvalue weighted by molar-refractivity contribution is 0.0736. The second-order valence-corrected chi connectivity index (χ2v) is 6.35. The van der Waals surface area contributed by atoms with Crippen LogP contribution in [0.5, 0.6) is 0 Å². The molecule has 1 aromatic heterocycles. The first kappa shape index (κ1) is 17.7. The SMILES string of the molecule is O=C(Nc1ccc(C(=O)N2CCNCC2)c(Cl)c1)c1ccc(Cl)nc1. The second-order valence-electron chi connectivity index (χ2n) is 5.56. The molecule has 6 nitrogen and oxygen atoms in total. The number of carbonyl (C=O) groups is 2. The van der Waals surface area contributed by atoms with E-state index in [-0.39, 0.29) is 11.8 Å². The van der Waals surface area contributed by atoms with Gasteiger partial charge in [-0.05, 0) is 30.3 Å². The maximum Gasteiger partial charge on any atom is 0.257 e. The van der Waals surface area contributed by atoms with Crippen molar-refractivity contribution in [3.05, 3.63) is 57.8 Å². The molecule has 3 rings (SSSR count). The Morgan fingerprint density at radius 3 is 2.52 bits per heavy atom. The quantitative estimate of drug-likeness (QED) is 0.805. The van der Waals surface area contributed by atoms with Crippen molar-refractivity contribution < 1.29 is 9.59 Å². The van der Waals surface area contributed by atoms with Gasteiger partial charge in [-0.1, -0.05) is 23.2 Å². The number of aromatic nitrogens is 1. The van der Waals surface area contributed by atoms with Crippen molar-refractivity contribution in [3.63, 3.8) is 0 Å². The number of halogens is 2. The van der Waals surface area contributed by atoms with E-state index in [1.54, 1.807) is 35.2 Å². The summed E-state index contributed by atoms with van der Waals surface area (Å²) in [6, 6.07) is 7.97. The summed E-state index contributed by atoms with van der Waals surface area (Å²) in [4.78, 5) is 30.3. The highest BCUT2D eigenvalue weighted by Crippen LogP contribution is 2.23. The number of hydrogen-bond acceptors (Lipinski definition) is 4. The molecule has 2 aromatic rings. The van der Waals surface area contributed by atoms with Crippen molar-refractivity contribution in [2.24, 2.45) is 0 Å². The Kier molecular flexibility index (Phi) is 5.53. The zero-order valence-electron chi connectivity index (χ0n) is 13.3. The molecule has 1 aliphatic rings. The van der Waals surface area contributed by atoms with Crippen LogP contribution in [0.2, 0.25) is 10.2 Å². The van der Waals surface area contributed by atoms with Gasteiger partial charge in [0.25, 0.3) is 11.8 Å². The minimum absolute atomic E-state index is 0.105. The first-order chi connectivity index (χ1) is 12.0. The minimum Gasteiger partial charge on any atom is -0.336 e. The number of nitrogens with one attached hydrogen (secondary N) is 2. The van der Waals surface area contributed by atoms with Gasteiger partial charge in [0.15, 0.2) is 0 Å². The predicted octanol–water partition coefficient (Wildman–Crippen LogP) is 2.69. The third-order valence-electron chi connectivity index (χ3n) is 3.85. The van der Waals surface area contributed by atoms with Crippen LogP contribution in [-0.4, -0.2) is 47.9 Å². The summed E-state index contributed by atoms with van der Waals surface area (Å²) in [6.45, 7) is 2.84. The normalized spacial score (nSPS) is 14.2. The highest BCUT2D eigenvalue weighted by molar-refractivity contribution is 6.34. The van der Waals surface area contributed by atoms with Gasteiger partial charge in [-0.3, -0.25) is 9.59 Å². The third kappa shape index (κ3) is 4.28. The first-order valence-electron chi connectivity index (χ1n) is 7.77. The van der Waals surface area contributed by atoms with Crippen LogP contribution in [0.25, 0.3) is 0 Å². The fourth-order valence-electron chi connectivity index (χ4n) is 2.52. The van der Waals surface area contributed by atoms with Crippen LogP contribution in [0, 0.1) is 0 Å². The summed E-state index contributed by atoms with van der Waals surface area (Å²) in [5.74, 6) is -0.437. The summed E-state index contributed by atoms with van der Waals surface area (Å²) < 4.78 is 0. The second kappa shape index (κ2) is 7.82. The van der Waals surface area contributed by atoms with E-state index in [9.17, 15) is 9.59 Å². The van der Waals surface area contributed by atoms with E-state index in [1.807, 2.05) is 0 Å². The van der Waals surface area contributed by atoms with Crippen molar-refractivity contribution in [2.45, 2.75) is 0 Å². The number of rotatable bonds is 3. The molecule has 0 spiro atoms. The molecule has 0 unspecified atom stereocenters. The van der Waals surface area contributed by atoms with Crippen LogP contribution in [0.4, 0.5) is 5.69 Å². The molecule has 1 aromatic carbocycles. The zero-order valence-corrected chi connectivity index (χ0v) is 14.8. The molecule has 8 heteroatoms. The first-order valence-corrected chi connectivity index (χ1v) is 8.52. The summed E-state index contributed by atoms with van der Waals surface area (Å²) >= 11 is 12.0. The summed E-state index contributed by atoms with van der Waals surface area (Å²) in [5.41, 5.74) is 1.30. The summed E-state index contributed by atoms with van der Waals surface area (Å²) in [5, 5.41) is 6.54. The highest BCUT2D eigenvalue weighted by atomic mass is 35.5. The van der Waals surface area contributed by atoms with E-state index < -0.39 is 0 Å². The molecule has 1 saturated heterocycles. The van der Waals surface area contributed by atoms with E-state index in [1.165, 1.54) is 6.20 Å². The number of piperazine rings is 1. The van der Waals surface area contributed by atoms with E-state index in [0.717, 1.165) is 13.1 Å². The Balaban J connectivity index is 1.72. The highest BCUT2D eigenvalue weighted by Gasteiger charge is 2.20. The molecule has 2 amide bonds. The average molecular weight is 379 g/mol. The maximum atomic E-state index is 12.5. The van der Waals surface area contributed by atoms with E-state index in [2.05, 4.69) is 15.6 Å². The minimum atomic E-state index is -0.332. The van der Waals surface area contributed by atoms with Gasteiger partial charge in [-0.25, -0.2) is 4.98 Å². The van der Waals surface area contributed by atoms with Crippen molar-refractivity contribution in [1.82, 2.24) is 15.2 Å². The average Bonchev–Trinajstić information content (AvgIpc) is 2.62. The number of anilines is 1. The van der Waals surface area contributed by atoms with Crippen LogP contribution in [0.3, 0.4) is 0 Å². The lowest BCUT2D eigenvalue weighted by Gasteiger charge is -2.27. The number of amides is 2. The number of pyridine rings is 1. The molecular weight excluding hydrogens is 363 g/mol. The largest absolute Gasteiger partial charge is 0.336 e. The Morgan fingerprint density at radius 1 is 1.12 bits per heavy atom. The molecule has 2 N–H and O–H groups in total. The fourth-order valence-corrected chi connectivity index (χ4v) is 2.89. The smallest absolute Gasteiger partial charge is 0.257 e. The molecule has 0 saturated carbocycles. The van der Waals surface area contributed by atoms with Gasteiger partial charge >= 0.3 is 0 Å². The molecule has 0 radical (unpaired) electrons. The molecule has 2 heterocycles.